The number of carbonyl (C=O) groups is 6. The van der Waals surface area contributed by atoms with E-state index in [0.717, 1.165) is 39.9 Å². The van der Waals surface area contributed by atoms with Crippen molar-refractivity contribution in [2.45, 2.75) is 179 Å². The molecule has 4 amide bonds. The Bertz CT molecular complexity index is 5120. The van der Waals surface area contributed by atoms with Crippen molar-refractivity contribution in [1.29, 1.82) is 0 Å². The number of hydrogen-bond acceptors (Lipinski definition) is 22. The number of carbonyl (C=O) groups excluding carboxylic acids is 6. The van der Waals surface area contributed by atoms with E-state index in [1.165, 1.54) is 45.3 Å². The molecule has 3 aliphatic carbocycles. The predicted molar refractivity (Wildman–Crippen MR) is 422 cm³/mol. The number of pyridine rings is 6. The number of nitrogens with zero attached hydrogens (tertiary/aromatic N) is 8. The van der Waals surface area contributed by atoms with Gasteiger partial charge in [-0.15, -0.1) is 0 Å². The lowest BCUT2D eigenvalue weighted by atomic mass is 9.98. The van der Waals surface area contributed by atoms with Gasteiger partial charge >= 0.3 is 30.5 Å². The molecule has 0 unspecified atom stereocenters. The number of esters is 1. The van der Waals surface area contributed by atoms with Crippen LogP contribution in [0.4, 0.5) is 47.6 Å². The second-order valence-electron chi connectivity index (χ2n) is 30.9. The van der Waals surface area contributed by atoms with E-state index in [1.807, 2.05) is 30.3 Å². The second kappa shape index (κ2) is 35.0. The number of benzene rings is 2. The number of nitrogens with one attached hydrogen (secondary N) is 5. The highest BCUT2D eigenvalue weighted by Crippen LogP contribution is 2.48. The van der Waals surface area contributed by atoms with Gasteiger partial charge in [0, 0.05) is 95.9 Å². The fourth-order valence-electron chi connectivity index (χ4n) is 14.8. The first kappa shape index (κ1) is 85.3. The van der Waals surface area contributed by atoms with E-state index in [2.05, 4.69) is 46.5 Å². The van der Waals surface area contributed by atoms with E-state index in [4.69, 9.17) is 66.3 Å². The Morgan fingerprint density at radius 1 is 0.547 bits per heavy atom. The van der Waals surface area contributed by atoms with Gasteiger partial charge < -0.3 is 64.2 Å². The smallest absolute Gasteiger partial charge is 0.419 e. The topological polar surface area (TPSA) is 311 Å². The molecule has 5 aliphatic rings. The Morgan fingerprint density at radius 2 is 0.974 bits per heavy atom. The summed E-state index contributed by atoms with van der Waals surface area (Å²) in [4.78, 5) is 104. The molecule has 0 bridgehead atoms. The number of fused-ring (bicyclic) bond motifs is 2. The van der Waals surface area contributed by atoms with E-state index >= 15 is 0 Å². The number of methoxy groups -OCH3 is 5. The molecule has 3 fully saturated rings. The van der Waals surface area contributed by atoms with Crippen molar-refractivity contribution in [2.24, 2.45) is 0 Å². The zero-order valence-corrected chi connectivity index (χ0v) is 67.7. The fraction of sp³-hybridized carbons (Fsp3) is 0.422. The third kappa shape index (κ3) is 19.6. The third-order valence-corrected chi connectivity index (χ3v) is 21.3. The van der Waals surface area contributed by atoms with Gasteiger partial charge in [0.05, 0.1) is 110 Å². The highest BCUT2D eigenvalue weighted by molar-refractivity contribution is 6.36. The van der Waals surface area contributed by atoms with Gasteiger partial charge in [-0.2, -0.15) is 36.3 Å². The molecule has 5 N–H and O–H groups in total. The largest absolute Gasteiger partial charge is 0.481 e. The van der Waals surface area contributed by atoms with E-state index in [-0.39, 0.29) is 103 Å². The van der Waals surface area contributed by atoms with Crippen molar-refractivity contribution in [3.63, 3.8) is 0 Å². The summed E-state index contributed by atoms with van der Waals surface area (Å²) in [5.74, 6) is -1.13. The quantitative estimate of drug-likeness (QED) is 0.0154. The number of aromatic nitrogens is 6. The van der Waals surface area contributed by atoms with Crippen LogP contribution >= 0.6 is 23.2 Å². The molecule has 8 aromatic rings. The van der Waals surface area contributed by atoms with Crippen LogP contribution in [-0.2, 0) is 73.4 Å². The number of anilines is 2. The summed E-state index contributed by atoms with van der Waals surface area (Å²) in [5.41, 5.74) is 4.28. The lowest BCUT2D eigenvalue weighted by molar-refractivity contribution is -0.144. The van der Waals surface area contributed by atoms with Crippen molar-refractivity contribution >= 4 is 71.1 Å². The summed E-state index contributed by atoms with van der Waals surface area (Å²) in [6, 6.07) is 21.8. The zero-order chi connectivity index (χ0) is 84.2. The van der Waals surface area contributed by atoms with E-state index < -0.39 is 76.3 Å². The van der Waals surface area contributed by atoms with Crippen LogP contribution < -0.4 is 45.5 Å². The maximum absolute atomic E-state index is 14.6. The van der Waals surface area contributed by atoms with E-state index in [9.17, 15) is 55.1 Å². The van der Waals surface area contributed by atoms with Gasteiger partial charge in [-0.05, 0) is 164 Å². The molecule has 0 radical (unpaired) electrons. The van der Waals surface area contributed by atoms with Crippen LogP contribution in [0.2, 0.25) is 10.0 Å². The average Bonchev–Trinajstić information content (AvgIpc) is 1.71. The first-order valence-corrected chi connectivity index (χ1v) is 38.6. The minimum absolute atomic E-state index is 0.00820. The highest BCUT2D eigenvalue weighted by Gasteiger charge is 2.51. The lowest BCUT2D eigenvalue weighted by Gasteiger charge is -2.29. The van der Waals surface area contributed by atoms with Crippen LogP contribution in [0.25, 0.3) is 45.0 Å². The van der Waals surface area contributed by atoms with Crippen molar-refractivity contribution < 1.29 is 88.3 Å². The molecule has 4 atom stereocenters. The molecular weight excluding hydrogens is 1570 g/mol. The number of amides is 4. The predicted octanol–water partition coefficient (Wildman–Crippen LogP) is 15.6. The molecule has 8 heterocycles. The van der Waals surface area contributed by atoms with Gasteiger partial charge in [0.25, 0.3) is 0 Å². The molecule has 26 nitrogen and oxygen atoms in total. The summed E-state index contributed by atoms with van der Waals surface area (Å²) in [5, 5.41) is 15.5. The fourth-order valence-corrected chi connectivity index (χ4v) is 15.4. The second-order valence-corrected chi connectivity index (χ2v) is 31.7. The van der Waals surface area contributed by atoms with E-state index in [1.54, 1.807) is 96.4 Å². The van der Waals surface area contributed by atoms with Crippen LogP contribution in [0.15, 0.2) is 97.3 Å². The number of hydrogen-bond donors (Lipinski definition) is 5. The van der Waals surface area contributed by atoms with E-state index in [0.29, 0.717) is 125 Å². The summed E-state index contributed by atoms with van der Waals surface area (Å²) in [7, 11) is 6.79. The number of alkyl halides is 6. The summed E-state index contributed by atoms with van der Waals surface area (Å²) < 4.78 is 124. The van der Waals surface area contributed by atoms with Crippen LogP contribution in [0.1, 0.15) is 165 Å². The van der Waals surface area contributed by atoms with Crippen LogP contribution in [0, 0.1) is 0 Å². The van der Waals surface area contributed by atoms with Crippen molar-refractivity contribution in [1.82, 2.24) is 55.7 Å². The normalized spacial score (nSPS) is 17.3. The Labute approximate surface area is 681 Å². The molecule has 2 aliphatic heterocycles. The lowest BCUT2D eigenvalue weighted by Crippen LogP contribution is -2.43. The molecule has 2 aromatic carbocycles. The van der Waals surface area contributed by atoms with Gasteiger partial charge in [-0.1, -0.05) is 59.6 Å². The van der Waals surface area contributed by atoms with Crippen molar-refractivity contribution in [3.8, 4) is 68.5 Å². The summed E-state index contributed by atoms with van der Waals surface area (Å²) >= 11 is 14.2. The number of rotatable bonds is 25. The number of aldehydes is 1. The Balaban J connectivity index is 0.000000217. The zero-order valence-electron chi connectivity index (χ0n) is 66.1. The molecule has 34 heteroatoms. The number of halogens is 8. The van der Waals surface area contributed by atoms with Crippen LogP contribution in [0.5, 0.6) is 23.5 Å². The molecule has 6 aromatic heterocycles. The van der Waals surface area contributed by atoms with Gasteiger partial charge in [0.2, 0.25) is 35.3 Å². The summed E-state index contributed by atoms with van der Waals surface area (Å²) in [6.45, 7) is 11.3. The molecule has 620 valence electrons. The molecule has 1 saturated carbocycles. The molecular formula is C83H89Cl2F6N13O13. The standard InChI is InChI=1S/C44H49ClF3N7O7.C39H40ClF3N6O6/c1-42(2,3)62-41(58)55(23-26-11-15-34(56)51-26)22-24-10-13-33(53-38(24)59-4)30-16-19-49-36(35(30)45)29-9-7-8-28-27(29)12-14-32(28)52-37-31(44(46,47)48)20-25(39(54-37)60-5)21-50-43(17-18-43)40(57)61-6;1-38(2,3)55-37(52)49(19-23-10-14-31(51)45-23)18-21-9-12-30(47-35(21)53-4)27-15-16-44-33(32(27)40)26-8-6-7-25-24(26)11-13-29(25)46-34-28(39(41,42)43)17-22(20-50)36(48-34)54-5/h7-10,13,16,19-20,26,32,50H,11-12,14-15,17-18,21-23H2,1-6H3,(H,51,56)(H,52,54);6-9,12,15-17,20,23,29H,10-11,13-14,18-19H2,1-5H3,(H,45,51)(H,46,48)/t26-,32-;23-,29-/m00/s1. The van der Waals surface area contributed by atoms with Gasteiger partial charge in [-0.3, -0.25) is 34.5 Å². The molecule has 117 heavy (non-hydrogen) atoms. The SMILES string of the molecule is COC(=O)C1(NCc2cc(C(F)(F)F)c(N[C@H]3CCc4c(-c5nccc(-c6ccc(CN(C[C@@H]7CCC(=O)N7)C(=O)OC(C)(C)C)c(OC)n6)c5Cl)cccc43)nc2OC)CC1.COc1nc(N[C@H]2CCc3c(-c4nccc(-c5ccc(CN(C[C@@H]6CCC(=O)N6)C(=O)OC(C)(C)C)c(OC)n5)c4Cl)cccc32)c(C(F)(F)F)cc1C=O. The summed E-state index contributed by atoms with van der Waals surface area (Å²) in [6.07, 6.45) is -2.20. The first-order valence-electron chi connectivity index (χ1n) is 37.8. The third-order valence-electron chi connectivity index (χ3n) is 20.5. The van der Waals surface area contributed by atoms with Crippen molar-refractivity contribution in [2.75, 3.05) is 59.3 Å². The molecule has 13 rings (SSSR count). The molecule has 2 saturated heterocycles. The van der Waals surface area contributed by atoms with Crippen molar-refractivity contribution in [3.05, 3.63) is 163 Å². The number of ether oxygens (including phenoxy) is 7. The van der Waals surface area contributed by atoms with Gasteiger partial charge in [0.1, 0.15) is 28.4 Å². The average molecular weight is 1660 g/mol. The molecule has 0 spiro atoms. The maximum Gasteiger partial charge on any atom is 0.419 e. The van der Waals surface area contributed by atoms with Gasteiger partial charge in [-0.25, -0.2) is 19.6 Å². The Hall–Kier alpha value is -11.1. The van der Waals surface area contributed by atoms with Crippen LogP contribution in [0.3, 0.4) is 0 Å². The first-order chi connectivity index (χ1) is 55.5. The minimum Gasteiger partial charge on any atom is -0.481 e. The monoisotopic (exact) mass is 1660 g/mol. The minimum atomic E-state index is -4.78. The maximum atomic E-state index is 14.6. The van der Waals surface area contributed by atoms with Crippen LogP contribution in [-0.4, -0.2) is 153 Å². The Morgan fingerprint density at radius 3 is 1.36 bits per heavy atom. The Kier molecular flexibility index (Phi) is 25.5. The van der Waals surface area contributed by atoms with Gasteiger partial charge in [0.15, 0.2) is 6.29 Å². The highest BCUT2D eigenvalue weighted by atomic mass is 35.5.